The highest BCUT2D eigenvalue weighted by molar-refractivity contribution is 5.93. The molecule has 0 saturated heterocycles. The number of rotatable bonds is 8. The summed E-state index contributed by atoms with van der Waals surface area (Å²) in [5.74, 6) is 1.65. The first-order valence-corrected chi connectivity index (χ1v) is 13.1. The second kappa shape index (κ2) is 11.1. The van der Waals surface area contributed by atoms with Gasteiger partial charge in [-0.2, -0.15) is 0 Å². The van der Waals surface area contributed by atoms with Gasteiger partial charge in [-0.05, 0) is 60.1 Å². The highest BCUT2D eigenvalue weighted by Gasteiger charge is 2.32. The van der Waals surface area contributed by atoms with Crippen LogP contribution in [0.3, 0.4) is 0 Å². The van der Waals surface area contributed by atoms with Gasteiger partial charge in [-0.15, -0.1) is 0 Å². The Kier molecular flexibility index (Phi) is 7.45. The maximum absolute atomic E-state index is 12.4. The van der Waals surface area contributed by atoms with Gasteiger partial charge >= 0.3 is 5.97 Å². The number of hydrogen-bond donors (Lipinski definition) is 0. The Bertz CT molecular complexity index is 1390. The molecule has 0 aliphatic carbocycles. The topological polar surface area (TPSA) is 44.8 Å². The van der Waals surface area contributed by atoms with Crippen molar-refractivity contribution in [2.45, 2.75) is 50.5 Å². The van der Waals surface area contributed by atoms with Crippen molar-refractivity contribution in [1.82, 2.24) is 0 Å². The van der Waals surface area contributed by atoms with Crippen molar-refractivity contribution in [2.75, 3.05) is 14.2 Å². The summed E-state index contributed by atoms with van der Waals surface area (Å²) in [6.07, 6.45) is 4.07. The van der Waals surface area contributed by atoms with Gasteiger partial charge < -0.3 is 14.2 Å². The molecule has 0 amide bonds. The van der Waals surface area contributed by atoms with Gasteiger partial charge in [-0.1, -0.05) is 79.7 Å². The van der Waals surface area contributed by atoms with Crippen LogP contribution < -0.4 is 9.47 Å². The molecule has 1 heterocycles. The Balaban J connectivity index is 1.35. The van der Waals surface area contributed by atoms with Crippen molar-refractivity contribution in [3.63, 3.8) is 0 Å². The molecule has 0 aromatic heterocycles. The van der Waals surface area contributed by atoms with Crippen molar-refractivity contribution >= 4 is 16.7 Å². The molecule has 0 saturated carbocycles. The molecule has 0 spiro atoms. The smallest absolute Gasteiger partial charge is 0.341 e. The Hall–Kier alpha value is -3.79. The van der Waals surface area contributed by atoms with E-state index in [0.717, 1.165) is 42.6 Å². The summed E-state index contributed by atoms with van der Waals surface area (Å²) in [7, 11) is 3.01. The van der Waals surface area contributed by atoms with Crippen LogP contribution in [0.5, 0.6) is 11.5 Å². The molecule has 190 valence electrons. The van der Waals surface area contributed by atoms with Crippen LogP contribution >= 0.6 is 0 Å². The number of carbonyl (C=O) groups excluding carboxylic acids is 1. The molecule has 4 aromatic carbocycles. The Morgan fingerprint density at radius 2 is 1.65 bits per heavy atom. The van der Waals surface area contributed by atoms with E-state index < -0.39 is 5.97 Å². The van der Waals surface area contributed by atoms with Crippen LogP contribution in [0.15, 0.2) is 84.9 Å². The average molecular weight is 495 g/mol. The van der Waals surface area contributed by atoms with Crippen molar-refractivity contribution in [2.24, 2.45) is 0 Å². The number of para-hydroxylation sites is 2. The number of carbonyl (C=O) groups is 1. The van der Waals surface area contributed by atoms with Gasteiger partial charge in [0.2, 0.25) is 0 Å². The van der Waals surface area contributed by atoms with Crippen LogP contribution in [-0.4, -0.2) is 26.3 Å². The molecule has 0 N–H and O–H groups in total. The predicted molar refractivity (Wildman–Crippen MR) is 148 cm³/mol. The second-order valence-electron chi connectivity index (χ2n) is 9.89. The Morgan fingerprint density at radius 1 is 0.919 bits per heavy atom. The van der Waals surface area contributed by atoms with Gasteiger partial charge in [-0.25, -0.2) is 4.79 Å². The molecule has 37 heavy (non-hydrogen) atoms. The van der Waals surface area contributed by atoms with Crippen LogP contribution in [0.25, 0.3) is 10.8 Å². The number of fused-ring (bicyclic) bond motifs is 2. The SMILES string of the molecule is COC(=O)c1cccc([C@@H]2C[C@H](CCC[C@H](C)c3cccc4ccccc34)Oc3ccccc32)c1OC. The molecule has 5 rings (SSSR count). The first-order valence-electron chi connectivity index (χ1n) is 13.1. The van der Waals surface area contributed by atoms with E-state index >= 15 is 0 Å². The number of hydrogen-bond acceptors (Lipinski definition) is 4. The number of benzene rings is 4. The highest BCUT2D eigenvalue weighted by atomic mass is 16.5. The van der Waals surface area contributed by atoms with Crippen LogP contribution in [0.2, 0.25) is 0 Å². The molecule has 1 aliphatic rings. The van der Waals surface area contributed by atoms with E-state index in [4.69, 9.17) is 14.2 Å². The molecule has 1 aliphatic heterocycles. The maximum Gasteiger partial charge on any atom is 0.341 e. The van der Waals surface area contributed by atoms with E-state index in [1.54, 1.807) is 13.2 Å². The van der Waals surface area contributed by atoms with Crippen molar-refractivity contribution in [3.05, 3.63) is 107 Å². The quantitative estimate of drug-likeness (QED) is 0.234. The minimum absolute atomic E-state index is 0.0741. The second-order valence-corrected chi connectivity index (χ2v) is 9.89. The minimum Gasteiger partial charge on any atom is -0.496 e. The number of methoxy groups -OCH3 is 2. The zero-order valence-electron chi connectivity index (χ0n) is 21.8. The first kappa shape index (κ1) is 24.9. The standard InChI is InChI=1S/C33H34O4/c1-22(25-17-9-13-23-12-4-5-15-26(23)25)11-8-14-24-21-30(27-16-6-7-20-31(27)37-24)28-18-10-19-29(32(28)35-2)33(34)36-3/h4-7,9-10,12-13,15-20,22,24,30H,8,11,14,21H2,1-3H3/t22-,24-,30+/m0/s1. The summed E-state index contributed by atoms with van der Waals surface area (Å²) in [6, 6.07) is 29.2. The molecule has 4 heteroatoms. The summed E-state index contributed by atoms with van der Waals surface area (Å²) >= 11 is 0. The van der Waals surface area contributed by atoms with Gasteiger partial charge in [0.05, 0.1) is 20.3 Å². The fourth-order valence-corrected chi connectivity index (χ4v) is 5.78. The van der Waals surface area contributed by atoms with Gasteiger partial charge in [-0.3, -0.25) is 0 Å². The van der Waals surface area contributed by atoms with Crippen LogP contribution in [-0.2, 0) is 4.74 Å². The summed E-state index contributed by atoms with van der Waals surface area (Å²) in [5, 5.41) is 2.64. The van der Waals surface area contributed by atoms with Crippen molar-refractivity contribution in [3.8, 4) is 11.5 Å². The van der Waals surface area contributed by atoms with Crippen LogP contribution in [0.1, 0.15) is 71.5 Å². The minimum atomic E-state index is -0.391. The summed E-state index contributed by atoms with van der Waals surface area (Å²) < 4.78 is 17.2. The summed E-state index contributed by atoms with van der Waals surface area (Å²) in [6.45, 7) is 2.32. The molecular formula is C33H34O4. The van der Waals surface area contributed by atoms with E-state index in [1.165, 1.54) is 23.4 Å². The lowest BCUT2D eigenvalue weighted by Gasteiger charge is -2.33. The Labute approximate surface area is 219 Å². The van der Waals surface area contributed by atoms with Gasteiger partial charge in [0, 0.05) is 17.0 Å². The van der Waals surface area contributed by atoms with E-state index in [9.17, 15) is 4.79 Å². The molecule has 4 aromatic rings. The third-order valence-corrected chi connectivity index (χ3v) is 7.63. The molecule has 0 radical (unpaired) electrons. The number of esters is 1. The van der Waals surface area contributed by atoms with E-state index in [2.05, 4.69) is 61.5 Å². The predicted octanol–water partition coefficient (Wildman–Crippen LogP) is 7.89. The lowest BCUT2D eigenvalue weighted by atomic mass is 9.81. The summed E-state index contributed by atoms with van der Waals surface area (Å²) in [5.41, 5.74) is 3.99. The molecule has 0 bridgehead atoms. The highest BCUT2D eigenvalue weighted by Crippen LogP contribution is 2.45. The lowest BCUT2D eigenvalue weighted by molar-refractivity contribution is 0.0596. The maximum atomic E-state index is 12.4. The summed E-state index contributed by atoms with van der Waals surface area (Å²) in [4.78, 5) is 12.4. The van der Waals surface area contributed by atoms with Crippen molar-refractivity contribution in [1.29, 1.82) is 0 Å². The van der Waals surface area contributed by atoms with E-state index in [-0.39, 0.29) is 12.0 Å². The van der Waals surface area contributed by atoms with Gasteiger partial charge in [0.15, 0.2) is 0 Å². The zero-order chi connectivity index (χ0) is 25.8. The third-order valence-electron chi connectivity index (χ3n) is 7.63. The number of ether oxygens (including phenoxy) is 3. The zero-order valence-corrected chi connectivity index (χ0v) is 21.8. The normalized spacial score (nSPS) is 17.5. The lowest BCUT2D eigenvalue weighted by Crippen LogP contribution is -2.26. The third kappa shape index (κ3) is 5.06. The molecule has 3 atom stereocenters. The fraction of sp³-hybridized carbons (Fsp3) is 0.303. The largest absolute Gasteiger partial charge is 0.496 e. The monoisotopic (exact) mass is 494 g/mol. The van der Waals surface area contributed by atoms with E-state index in [0.29, 0.717) is 17.2 Å². The molecule has 4 nitrogen and oxygen atoms in total. The van der Waals surface area contributed by atoms with Gasteiger partial charge in [0.25, 0.3) is 0 Å². The van der Waals surface area contributed by atoms with Crippen LogP contribution in [0.4, 0.5) is 0 Å². The molecule has 0 fully saturated rings. The molecular weight excluding hydrogens is 460 g/mol. The van der Waals surface area contributed by atoms with Gasteiger partial charge in [0.1, 0.15) is 17.1 Å². The average Bonchev–Trinajstić information content (AvgIpc) is 2.95. The molecule has 0 unspecified atom stereocenters. The van der Waals surface area contributed by atoms with Crippen LogP contribution in [0, 0.1) is 0 Å². The Morgan fingerprint density at radius 3 is 2.49 bits per heavy atom. The first-order chi connectivity index (χ1) is 18.1. The fourth-order valence-electron chi connectivity index (χ4n) is 5.78. The van der Waals surface area contributed by atoms with Crippen molar-refractivity contribution < 1.29 is 19.0 Å². The van der Waals surface area contributed by atoms with E-state index in [1.807, 2.05) is 24.3 Å².